The fourth-order valence-electron chi connectivity index (χ4n) is 2.27. The Morgan fingerprint density at radius 3 is 2.87 bits per heavy atom. The maximum atomic E-state index is 5.69. The molecule has 1 heterocycles. The van der Waals surface area contributed by atoms with E-state index in [-0.39, 0.29) is 24.0 Å². The largest absolute Gasteiger partial charge is 0.497 e. The van der Waals surface area contributed by atoms with Crippen LogP contribution < -0.4 is 20.1 Å². The highest BCUT2D eigenvalue weighted by Crippen LogP contribution is 2.25. The van der Waals surface area contributed by atoms with Crippen molar-refractivity contribution >= 4 is 41.7 Å². The fraction of sp³-hybridized carbons (Fsp3) is 0.562. The van der Waals surface area contributed by atoms with E-state index in [2.05, 4.69) is 15.6 Å². The normalized spacial score (nSPS) is 17.3. The molecule has 1 unspecified atom stereocenters. The molecule has 1 aromatic carbocycles. The van der Waals surface area contributed by atoms with Gasteiger partial charge >= 0.3 is 0 Å². The van der Waals surface area contributed by atoms with Crippen molar-refractivity contribution in [2.24, 2.45) is 4.99 Å². The Balaban J connectivity index is 0.00000264. The van der Waals surface area contributed by atoms with E-state index < -0.39 is 0 Å². The number of hydrogen-bond acceptors (Lipinski definition) is 4. The van der Waals surface area contributed by atoms with Crippen molar-refractivity contribution < 1.29 is 9.47 Å². The minimum Gasteiger partial charge on any atom is -0.497 e. The Bertz CT molecular complexity index is 482. The van der Waals surface area contributed by atoms with Gasteiger partial charge in [0.2, 0.25) is 0 Å². The van der Waals surface area contributed by atoms with Gasteiger partial charge < -0.3 is 20.1 Å². The molecule has 0 aliphatic carbocycles. The van der Waals surface area contributed by atoms with E-state index in [9.17, 15) is 0 Å². The molecule has 1 aromatic rings. The number of guanidine groups is 1. The zero-order chi connectivity index (χ0) is 15.6. The molecular formula is C16H26IN3O2S. The second-order valence-corrected chi connectivity index (χ2v) is 6.45. The molecule has 5 nitrogen and oxygen atoms in total. The van der Waals surface area contributed by atoms with Crippen LogP contribution in [0.5, 0.6) is 11.5 Å². The van der Waals surface area contributed by atoms with E-state index in [1.165, 1.54) is 18.6 Å². The van der Waals surface area contributed by atoms with Crippen LogP contribution in [0.25, 0.3) is 0 Å². The second-order valence-electron chi connectivity index (χ2n) is 5.04. The summed E-state index contributed by atoms with van der Waals surface area (Å²) in [6, 6.07) is 7.62. The van der Waals surface area contributed by atoms with Gasteiger partial charge in [-0.05, 0) is 30.7 Å². The maximum Gasteiger partial charge on any atom is 0.191 e. The molecule has 0 spiro atoms. The molecule has 2 rings (SSSR count). The second kappa shape index (κ2) is 11.7. The summed E-state index contributed by atoms with van der Waals surface area (Å²) >= 11 is 2.04. The van der Waals surface area contributed by atoms with Crippen molar-refractivity contribution in [2.45, 2.75) is 18.1 Å². The first-order valence-corrected chi connectivity index (χ1v) is 8.69. The van der Waals surface area contributed by atoms with Gasteiger partial charge in [0.1, 0.15) is 18.1 Å². The smallest absolute Gasteiger partial charge is 0.191 e. The standard InChI is InChI=1S/C16H25N3O2S.HI/c1-17-16(19-12-15-7-4-10-22-15)18-8-9-21-14-6-3-5-13(11-14)20-2;/h3,5-6,11,15H,4,7-10,12H2,1-2H3,(H2,17,18,19);1H. The fourth-order valence-corrected chi connectivity index (χ4v) is 3.47. The van der Waals surface area contributed by atoms with Crippen molar-refractivity contribution in [3.8, 4) is 11.5 Å². The zero-order valence-electron chi connectivity index (χ0n) is 13.7. The van der Waals surface area contributed by atoms with Crippen LogP contribution in [-0.2, 0) is 0 Å². The molecule has 1 fully saturated rings. The van der Waals surface area contributed by atoms with Crippen molar-refractivity contribution in [2.75, 3.05) is 39.6 Å². The summed E-state index contributed by atoms with van der Waals surface area (Å²) in [5.74, 6) is 3.73. The molecule has 0 radical (unpaired) electrons. The molecular weight excluding hydrogens is 425 g/mol. The minimum absolute atomic E-state index is 0. The third-order valence-electron chi connectivity index (χ3n) is 3.45. The van der Waals surface area contributed by atoms with E-state index in [1.54, 1.807) is 14.2 Å². The number of thioether (sulfide) groups is 1. The highest BCUT2D eigenvalue weighted by atomic mass is 127. The number of hydrogen-bond donors (Lipinski definition) is 2. The Morgan fingerprint density at radius 2 is 2.17 bits per heavy atom. The van der Waals surface area contributed by atoms with Crippen LogP contribution >= 0.6 is 35.7 Å². The van der Waals surface area contributed by atoms with Crippen molar-refractivity contribution in [3.63, 3.8) is 0 Å². The molecule has 0 bridgehead atoms. The van der Waals surface area contributed by atoms with E-state index >= 15 is 0 Å². The van der Waals surface area contributed by atoms with Crippen LogP contribution in [0.2, 0.25) is 0 Å². The first-order chi connectivity index (χ1) is 10.8. The lowest BCUT2D eigenvalue weighted by molar-refractivity contribution is 0.319. The van der Waals surface area contributed by atoms with Gasteiger partial charge in [-0.3, -0.25) is 4.99 Å². The molecule has 1 atom stereocenters. The van der Waals surface area contributed by atoms with Gasteiger partial charge in [0.15, 0.2) is 5.96 Å². The van der Waals surface area contributed by atoms with E-state index in [1.807, 2.05) is 36.0 Å². The highest BCUT2D eigenvalue weighted by Gasteiger charge is 2.15. The molecule has 0 amide bonds. The Morgan fingerprint density at radius 1 is 1.35 bits per heavy atom. The third-order valence-corrected chi connectivity index (χ3v) is 4.85. The topological polar surface area (TPSA) is 54.9 Å². The summed E-state index contributed by atoms with van der Waals surface area (Å²) in [7, 11) is 3.44. The molecule has 0 saturated carbocycles. The van der Waals surface area contributed by atoms with E-state index in [0.29, 0.717) is 18.4 Å². The quantitative estimate of drug-likeness (QED) is 0.289. The van der Waals surface area contributed by atoms with Crippen LogP contribution in [0.4, 0.5) is 0 Å². The number of rotatable bonds is 7. The molecule has 2 N–H and O–H groups in total. The summed E-state index contributed by atoms with van der Waals surface area (Å²) < 4.78 is 10.9. The Hall–Kier alpha value is -0.830. The Kier molecular flexibility index (Phi) is 10.3. The summed E-state index contributed by atoms with van der Waals surface area (Å²) in [5, 5.41) is 7.35. The van der Waals surface area contributed by atoms with Crippen molar-refractivity contribution in [1.29, 1.82) is 0 Å². The van der Waals surface area contributed by atoms with Gasteiger partial charge in [0, 0.05) is 24.9 Å². The van der Waals surface area contributed by atoms with Crippen molar-refractivity contribution in [1.82, 2.24) is 10.6 Å². The van der Waals surface area contributed by atoms with Crippen molar-refractivity contribution in [3.05, 3.63) is 24.3 Å². The lowest BCUT2D eigenvalue weighted by Gasteiger charge is -2.15. The first-order valence-electron chi connectivity index (χ1n) is 7.65. The molecule has 1 aliphatic rings. The molecule has 0 aromatic heterocycles. The number of benzene rings is 1. The van der Waals surface area contributed by atoms with Gasteiger partial charge in [-0.2, -0.15) is 11.8 Å². The van der Waals surface area contributed by atoms with Crippen LogP contribution in [0.15, 0.2) is 29.3 Å². The number of nitrogens with zero attached hydrogens (tertiary/aromatic N) is 1. The summed E-state index contributed by atoms with van der Waals surface area (Å²) in [4.78, 5) is 4.23. The molecule has 1 aliphatic heterocycles. The summed E-state index contributed by atoms with van der Waals surface area (Å²) in [6.07, 6.45) is 2.63. The SMILES string of the molecule is CN=C(NCCOc1cccc(OC)c1)NCC1CCCS1.I. The zero-order valence-corrected chi connectivity index (χ0v) is 16.9. The summed E-state index contributed by atoms with van der Waals surface area (Å²) in [6.45, 7) is 2.25. The lowest BCUT2D eigenvalue weighted by atomic mass is 10.2. The predicted molar refractivity (Wildman–Crippen MR) is 109 cm³/mol. The number of ether oxygens (including phenoxy) is 2. The number of nitrogens with one attached hydrogen (secondary N) is 2. The van der Waals surface area contributed by atoms with Gasteiger partial charge in [-0.1, -0.05) is 6.07 Å². The van der Waals surface area contributed by atoms with Gasteiger partial charge in [0.25, 0.3) is 0 Å². The Labute approximate surface area is 160 Å². The molecule has 1 saturated heterocycles. The van der Waals surface area contributed by atoms with Crippen LogP contribution in [0.1, 0.15) is 12.8 Å². The van der Waals surface area contributed by atoms with Gasteiger partial charge in [-0.15, -0.1) is 24.0 Å². The van der Waals surface area contributed by atoms with Crippen LogP contribution in [0.3, 0.4) is 0 Å². The number of methoxy groups -OCH3 is 1. The monoisotopic (exact) mass is 451 g/mol. The molecule has 23 heavy (non-hydrogen) atoms. The van der Waals surface area contributed by atoms with Crippen LogP contribution in [0, 0.1) is 0 Å². The summed E-state index contributed by atoms with van der Waals surface area (Å²) in [5.41, 5.74) is 0. The van der Waals surface area contributed by atoms with Crippen LogP contribution in [-0.4, -0.2) is 50.8 Å². The predicted octanol–water partition coefficient (Wildman–Crippen LogP) is 2.75. The average Bonchev–Trinajstić information content (AvgIpc) is 3.08. The lowest BCUT2D eigenvalue weighted by Crippen LogP contribution is -2.41. The van der Waals surface area contributed by atoms with Gasteiger partial charge in [0.05, 0.1) is 13.7 Å². The van der Waals surface area contributed by atoms with E-state index in [0.717, 1.165) is 24.0 Å². The molecule has 130 valence electrons. The third kappa shape index (κ3) is 7.52. The molecule has 7 heteroatoms. The highest BCUT2D eigenvalue weighted by molar-refractivity contribution is 14.0. The minimum atomic E-state index is 0. The maximum absolute atomic E-state index is 5.69. The number of halogens is 1. The van der Waals surface area contributed by atoms with Gasteiger partial charge in [-0.25, -0.2) is 0 Å². The van der Waals surface area contributed by atoms with E-state index in [4.69, 9.17) is 9.47 Å². The first kappa shape index (κ1) is 20.2. The number of aliphatic imine (C=N–C) groups is 1. The average molecular weight is 451 g/mol.